The van der Waals surface area contributed by atoms with Crippen LogP contribution in [0.4, 0.5) is 0 Å². The fourth-order valence-corrected chi connectivity index (χ4v) is 4.95. The molecule has 0 aromatic rings. The van der Waals surface area contributed by atoms with Crippen LogP contribution in [-0.2, 0) is 13.6 Å². The van der Waals surface area contributed by atoms with Crippen LogP contribution < -0.4 is 0 Å². The van der Waals surface area contributed by atoms with Gasteiger partial charge < -0.3 is 13.6 Å². The third-order valence-corrected chi connectivity index (χ3v) is 15.8. The number of halogens is 2. The highest BCUT2D eigenvalue weighted by Crippen LogP contribution is 2.42. The maximum absolute atomic E-state index is 6.54. The lowest BCUT2D eigenvalue weighted by molar-refractivity contribution is 0.00337. The molecule has 0 amide bonds. The van der Waals surface area contributed by atoms with Crippen LogP contribution in [0, 0.1) is 0 Å². The molecule has 1 aliphatic rings. The maximum Gasteiger partial charge on any atom is 0.192 e. The molecule has 1 heterocycles. The Hall–Kier alpha value is 0.894. The van der Waals surface area contributed by atoms with E-state index >= 15 is 0 Å². The van der Waals surface area contributed by atoms with Gasteiger partial charge in [-0.2, -0.15) is 0 Å². The van der Waals surface area contributed by atoms with Crippen LogP contribution in [0.2, 0.25) is 36.3 Å². The summed E-state index contributed by atoms with van der Waals surface area (Å²) in [5, 5.41) is -0.0881. The van der Waals surface area contributed by atoms with Gasteiger partial charge in [-0.25, -0.2) is 0 Å². The van der Waals surface area contributed by atoms with Crippen LogP contribution in [-0.4, -0.2) is 46.4 Å². The normalized spacial score (nSPS) is 30.0. The molecule has 0 N–H and O–H groups in total. The van der Waals surface area contributed by atoms with Crippen molar-refractivity contribution in [3.63, 3.8) is 0 Å². The second kappa shape index (κ2) is 7.49. The van der Waals surface area contributed by atoms with Crippen molar-refractivity contribution in [1.29, 1.82) is 0 Å². The molecule has 0 radical (unpaired) electrons. The monoisotopic (exact) mass is 414 g/mol. The van der Waals surface area contributed by atoms with Crippen molar-refractivity contribution in [3.8, 4) is 0 Å². The van der Waals surface area contributed by atoms with E-state index in [2.05, 4.69) is 67.7 Å². The molecule has 3 nitrogen and oxygen atoms in total. The van der Waals surface area contributed by atoms with Crippen molar-refractivity contribution in [2.24, 2.45) is 0 Å². The molecular weight excluding hydrogens is 379 g/mol. The average Bonchev–Trinajstić information content (AvgIpc) is 2.61. The predicted octanol–water partition coefficient (Wildman–Crippen LogP) is 5.97. The molecule has 0 aromatic heterocycles. The Morgan fingerprint density at radius 3 is 1.75 bits per heavy atom. The van der Waals surface area contributed by atoms with Crippen LogP contribution in [0.3, 0.4) is 0 Å². The van der Waals surface area contributed by atoms with Gasteiger partial charge in [-0.15, -0.1) is 11.6 Å². The fourth-order valence-electron chi connectivity index (χ4n) is 1.97. The molecule has 24 heavy (non-hydrogen) atoms. The Balaban J connectivity index is 2.86. The van der Waals surface area contributed by atoms with Crippen LogP contribution in [0.1, 0.15) is 41.5 Å². The fraction of sp³-hybridized carbons (Fsp3) is 1.00. The molecule has 0 saturated carbocycles. The number of alkyl halides is 2. The van der Waals surface area contributed by atoms with E-state index < -0.39 is 22.2 Å². The van der Waals surface area contributed by atoms with E-state index in [1.807, 2.05) is 0 Å². The van der Waals surface area contributed by atoms with Gasteiger partial charge in [0.05, 0.1) is 12.7 Å². The third kappa shape index (κ3) is 5.21. The Bertz CT molecular complexity index is 431. The zero-order chi connectivity index (χ0) is 19.1. The summed E-state index contributed by atoms with van der Waals surface area (Å²) in [5.74, 6) is 0. The van der Waals surface area contributed by atoms with Gasteiger partial charge in [0.25, 0.3) is 0 Å². The minimum absolute atomic E-state index is 0.110. The van der Waals surface area contributed by atoms with Crippen molar-refractivity contribution in [2.45, 2.75) is 101 Å². The summed E-state index contributed by atoms with van der Waals surface area (Å²) < 4.78 is 18.8. The number of ether oxygens (including phenoxy) is 1. The van der Waals surface area contributed by atoms with Gasteiger partial charge in [-0.1, -0.05) is 53.1 Å². The molecule has 0 aliphatic carbocycles. The first-order chi connectivity index (χ1) is 10.5. The summed E-state index contributed by atoms with van der Waals surface area (Å²) in [6.07, 6.45) is -0.432. The first-order valence-electron chi connectivity index (χ1n) is 8.75. The van der Waals surface area contributed by atoms with Crippen molar-refractivity contribution in [3.05, 3.63) is 0 Å². The van der Waals surface area contributed by atoms with E-state index in [-0.39, 0.29) is 27.7 Å². The van der Waals surface area contributed by atoms with Gasteiger partial charge in [0.15, 0.2) is 22.2 Å². The first-order valence-corrected chi connectivity index (χ1v) is 15.4. The van der Waals surface area contributed by atoms with Gasteiger partial charge in [0.2, 0.25) is 0 Å². The molecule has 1 aliphatic heterocycles. The zero-order valence-corrected chi connectivity index (χ0v) is 20.5. The molecule has 3 unspecified atom stereocenters. The lowest BCUT2D eigenvalue weighted by atomic mass is 10.2. The molecule has 1 fully saturated rings. The smallest absolute Gasteiger partial charge is 0.192 e. The highest BCUT2D eigenvalue weighted by Gasteiger charge is 2.50. The molecule has 1 rings (SSSR count). The molecule has 0 aromatic carbocycles. The van der Waals surface area contributed by atoms with Gasteiger partial charge in [0, 0.05) is 0 Å². The predicted molar refractivity (Wildman–Crippen MR) is 109 cm³/mol. The minimum atomic E-state index is -1.96. The standard InChI is InChI=1S/C17H36Cl2O3Si2/c1-16(2,3)23(7,8)20-11-12-14(13(18)15(19)21-12)22-24(9,10)17(4,5)6/h12-15H,11H2,1-10H3/t12-,13?,14?,15?/m1/s1. The van der Waals surface area contributed by atoms with Crippen LogP contribution in [0.5, 0.6) is 0 Å². The molecular formula is C17H36Cl2O3Si2. The summed E-state index contributed by atoms with van der Waals surface area (Å²) in [4.78, 5) is 0. The lowest BCUT2D eigenvalue weighted by Crippen LogP contribution is -2.50. The van der Waals surface area contributed by atoms with E-state index in [0.29, 0.717) is 6.61 Å². The first kappa shape index (κ1) is 22.9. The lowest BCUT2D eigenvalue weighted by Gasteiger charge is -2.41. The summed E-state index contributed by atoms with van der Waals surface area (Å²) in [6.45, 7) is 22.8. The molecule has 144 valence electrons. The molecule has 0 bridgehead atoms. The molecule has 0 spiro atoms. The maximum atomic E-state index is 6.54. The molecule has 1 saturated heterocycles. The largest absolute Gasteiger partial charge is 0.414 e. The van der Waals surface area contributed by atoms with Crippen molar-refractivity contribution < 1.29 is 13.6 Å². The number of rotatable bonds is 5. The molecule has 4 atom stereocenters. The second-order valence-corrected chi connectivity index (χ2v) is 20.4. The SMILES string of the molecule is CC(C)(C)[Si](C)(C)OC[C@H]1OC(Cl)C(Cl)C1O[Si](C)(C)C(C)(C)C. The zero-order valence-electron chi connectivity index (χ0n) is 17.0. The highest BCUT2D eigenvalue weighted by molar-refractivity contribution is 6.74. The Kier molecular flexibility index (Phi) is 7.16. The minimum Gasteiger partial charge on any atom is -0.414 e. The Labute approximate surface area is 161 Å². The van der Waals surface area contributed by atoms with E-state index in [0.717, 1.165) is 0 Å². The van der Waals surface area contributed by atoms with Gasteiger partial charge in [0.1, 0.15) is 11.5 Å². The van der Waals surface area contributed by atoms with E-state index in [1.165, 1.54) is 0 Å². The third-order valence-electron chi connectivity index (χ3n) is 5.89. The van der Waals surface area contributed by atoms with Crippen molar-refractivity contribution in [2.75, 3.05) is 6.61 Å². The topological polar surface area (TPSA) is 27.7 Å². The van der Waals surface area contributed by atoms with Crippen LogP contribution in [0.15, 0.2) is 0 Å². The van der Waals surface area contributed by atoms with Gasteiger partial charge in [-0.3, -0.25) is 0 Å². The van der Waals surface area contributed by atoms with Crippen molar-refractivity contribution in [1.82, 2.24) is 0 Å². The van der Waals surface area contributed by atoms with Crippen LogP contribution >= 0.6 is 23.2 Å². The van der Waals surface area contributed by atoms with E-state index in [1.54, 1.807) is 0 Å². The van der Waals surface area contributed by atoms with Gasteiger partial charge >= 0.3 is 0 Å². The Morgan fingerprint density at radius 1 is 0.875 bits per heavy atom. The number of hydrogen-bond acceptors (Lipinski definition) is 3. The summed E-state index contributed by atoms with van der Waals surface area (Å²) in [5.41, 5.74) is -0.533. The summed E-state index contributed by atoms with van der Waals surface area (Å²) in [6, 6.07) is 0. The highest BCUT2D eigenvalue weighted by atomic mass is 35.5. The summed E-state index contributed by atoms with van der Waals surface area (Å²) >= 11 is 12.8. The van der Waals surface area contributed by atoms with Crippen LogP contribution in [0.25, 0.3) is 0 Å². The quantitative estimate of drug-likeness (QED) is 0.409. The summed E-state index contributed by atoms with van der Waals surface area (Å²) in [7, 11) is -3.81. The van der Waals surface area contributed by atoms with E-state index in [9.17, 15) is 0 Å². The second-order valence-electron chi connectivity index (χ2n) is 9.88. The van der Waals surface area contributed by atoms with Gasteiger partial charge in [-0.05, 0) is 36.3 Å². The Morgan fingerprint density at radius 2 is 1.33 bits per heavy atom. The van der Waals surface area contributed by atoms with E-state index in [4.69, 9.17) is 36.8 Å². The number of hydrogen-bond donors (Lipinski definition) is 0. The average molecular weight is 416 g/mol. The molecule has 7 heteroatoms. The van der Waals surface area contributed by atoms with Crippen molar-refractivity contribution >= 4 is 39.8 Å².